The van der Waals surface area contributed by atoms with Gasteiger partial charge in [0.25, 0.3) is 72.5 Å². The van der Waals surface area contributed by atoms with Gasteiger partial charge in [0.05, 0.1) is 32.3 Å². The van der Waals surface area contributed by atoms with Crippen LogP contribution in [0.1, 0.15) is 20.7 Å². The van der Waals surface area contributed by atoms with Crippen LogP contribution in [0.5, 0.6) is 0 Å². The molecule has 31 heteroatoms. The molecule has 0 saturated carbocycles. The first-order valence-electron chi connectivity index (χ1n) is 17.2. The molecule has 25 nitrogen and oxygen atoms in total. The minimum absolute atomic E-state index is 0.257. The lowest BCUT2D eigenvalue weighted by Gasteiger charge is -2.16. The maximum Gasteiger partial charge on any atom is 0.323 e. The number of nitrogens with one attached hydrogen (secondary N) is 4. The molecule has 0 heterocycles. The Labute approximate surface area is 372 Å². The predicted octanol–water partition coefficient (Wildman–Crippen LogP) is 3.62. The zero-order valence-corrected chi connectivity index (χ0v) is 36.9. The highest BCUT2D eigenvalue weighted by Gasteiger charge is 2.28. The smallest absolute Gasteiger partial charge is 0.321 e. The van der Waals surface area contributed by atoms with Crippen LogP contribution in [0.25, 0.3) is 21.5 Å². The maximum atomic E-state index is 13.5. The zero-order valence-electron chi connectivity index (χ0n) is 32.0. The summed E-state index contributed by atoms with van der Waals surface area (Å²) in [7, 11) is -31.0. The highest BCUT2D eigenvalue weighted by molar-refractivity contribution is 7.87. The molecule has 0 aliphatic carbocycles. The molecule has 4 amide bonds. The summed E-state index contributed by atoms with van der Waals surface area (Å²) in [6.45, 7) is 0. The normalized spacial score (nSPS) is 12.7. The molecule has 0 aromatic heterocycles. The molecule has 6 aromatic carbocycles. The monoisotopic (exact) mass is 1030 g/mol. The van der Waals surface area contributed by atoms with Gasteiger partial charge in [0, 0.05) is 22.1 Å². The summed E-state index contributed by atoms with van der Waals surface area (Å²) in [5, 5.41) is 6.82. The average Bonchev–Trinajstić information content (AvgIpc) is 3.18. The van der Waals surface area contributed by atoms with Crippen molar-refractivity contribution in [3.8, 4) is 0 Å². The molecule has 0 bridgehead atoms. The highest BCUT2D eigenvalue weighted by Crippen LogP contribution is 2.36. The van der Waals surface area contributed by atoms with E-state index in [1.54, 1.807) is 0 Å². The van der Waals surface area contributed by atoms with Crippen molar-refractivity contribution in [2.24, 2.45) is 0 Å². The molecule has 66 heavy (non-hydrogen) atoms. The van der Waals surface area contributed by atoms with Crippen LogP contribution in [0.15, 0.2) is 126 Å². The third kappa shape index (κ3) is 10.6. The molecular weight excluding hydrogens is 1000 g/mol. The van der Waals surface area contributed by atoms with E-state index in [2.05, 4.69) is 21.3 Å². The second-order valence-electron chi connectivity index (χ2n) is 13.4. The number of hydrogen-bond acceptors (Lipinski definition) is 15. The van der Waals surface area contributed by atoms with Crippen LogP contribution in [-0.4, -0.2) is 95.7 Å². The van der Waals surface area contributed by atoms with E-state index < -0.39 is 153 Å². The van der Waals surface area contributed by atoms with Gasteiger partial charge in [-0.25, -0.2) is 4.79 Å². The number of anilines is 4. The van der Waals surface area contributed by atoms with Crippen molar-refractivity contribution < 1.29 is 92.2 Å². The number of hydrogen-bond donors (Lipinski definition) is 10. The van der Waals surface area contributed by atoms with Gasteiger partial charge in [0.15, 0.2) is 0 Å². The van der Waals surface area contributed by atoms with E-state index in [0.717, 1.165) is 60.7 Å². The average molecular weight is 1030 g/mol. The van der Waals surface area contributed by atoms with Gasteiger partial charge in [-0.15, -0.1) is 0 Å². The molecule has 0 unspecified atom stereocenters. The van der Waals surface area contributed by atoms with Gasteiger partial charge < -0.3 is 21.3 Å². The van der Waals surface area contributed by atoms with Crippen molar-refractivity contribution in [3.63, 3.8) is 0 Å². The molecule has 0 saturated heterocycles. The summed E-state index contributed by atoms with van der Waals surface area (Å²) in [4.78, 5) is 34.1. The van der Waals surface area contributed by atoms with Crippen LogP contribution in [-0.2, 0) is 60.7 Å². The standard InChI is InChI=1S/C35H26N4O21S6/c40-33(38-25-15-21(61(43,44)45)11-17-3-1-5-27(31(17)25)63(49,50)51)23-9-7-19(13-29(23)65(55,56)57)36-35(42)37-20-8-10-24(30(14-20)66(58,59)60)34(41)39-26-16-22(62(46,47)48)12-18-4-2-6-28(32(18)26)64(52,53)54/h1-16H,(H,38,40)(H,39,41)(H2,36,37,42)(H,43,44,45)(H,46,47,48)(H,49,50,51)(H,52,53,54)(H,55,56,57)(H,58,59,60). The fourth-order valence-electron chi connectivity index (χ4n) is 6.33. The summed E-state index contributed by atoms with van der Waals surface area (Å²) < 4.78 is 205. The minimum atomic E-state index is -5.40. The lowest BCUT2D eigenvalue weighted by Crippen LogP contribution is -2.22. The molecule has 6 aromatic rings. The topological polar surface area (TPSA) is 426 Å². The summed E-state index contributed by atoms with van der Waals surface area (Å²) in [5.74, 6) is -2.92. The highest BCUT2D eigenvalue weighted by atomic mass is 32.2. The van der Waals surface area contributed by atoms with Gasteiger partial charge in [0.1, 0.15) is 19.6 Å². The Morgan fingerprint density at radius 2 is 0.697 bits per heavy atom. The Morgan fingerprint density at radius 3 is 1.00 bits per heavy atom. The van der Waals surface area contributed by atoms with E-state index in [9.17, 15) is 92.2 Å². The quantitative estimate of drug-likeness (QED) is 0.0782. The van der Waals surface area contributed by atoms with E-state index >= 15 is 0 Å². The Bertz CT molecular complexity index is 3580. The maximum absolute atomic E-state index is 13.5. The van der Waals surface area contributed by atoms with E-state index in [-0.39, 0.29) is 10.8 Å². The van der Waals surface area contributed by atoms with Crippen molar-refractivity contribution in [2.75, 3.05) is 21.3 Å². The van der Waals surface area contributed by atoms with Gasteiger partial charge in [-0.1, -0.05) is 24.3 Å². The largest absolute Gasteiger partial charge is 0.323 e. The number of fused-ring (bicyclic) bond motifs is 2. The van der Waals surface area contributed by atoms with Crippen LogP contribution >= 0.6 is 0 Å². The number of amides is 4. The first kappa shape index (κ1) is 49.0. The lowest BCUT2D eigenvalue weighted by molar-refractivity contribution is 0.101. The number of benzene rings is 6. The van der Waals surface area contributed by atoms with Gasteiger partial charge in [-0.05, 0) is 83.6 Å². The Hall–Kier alpha value is -6.49. The predicted molar refractivity (Wildman–Crippen MR) is 228 cm³/mol. The van der Waals surface area contributed by atoms with Gasteiger partial charge in [-0.2, -0.15) is 50.5 Å². The molecule has 348 valence electrons. The number of urea groups is 1. The lowest BCUT2D eigenvalue weighted by atomic mass is 10.1. The fraction of sp³-hybridized carbons (Fsp3) is 0. The van der Waals surface area contributed by atoms with Crippen LogP contribution in [0.3, 0.4) is 0 Å². The zero-order chi connectivity index (χ0) is 49.1. The van der Waals surface area contributed by atoms with E-state index in [4.69, 9.17) is 0 Å². The van der Waals surface area contributed by atoms with Gasteiger partial charge >= 0.3 is 6.03 Å². The van der Waals surface area contributed by atoms with Gasteiger partial charge in [0.2, 0.25) is 0 Å². The molecule has 0 radical (unpaired) electrons. The second kappa shape index (κ2) is 17.1. The van der Waals surface area contributed by atoms with Crippen LogP contribution in [0, 0.1) is 0 Å². The SMILES string of the molecule is O=C(Nc1ccc(C(=O)Nc2cc(S(=O)(=O)O)cc3cccc(S(=O)(=O)O)c23)c(S(=O)(=O)O)c1)Nc1ccc(C(=O)Nc2cc(S(=O)(=O)O)cc3cccc(S(=O)(=O)O)c23)c(S(=O)(=O)O)c1. The Balaban J connectivity index is 1.30. The Kier molecular flexibility index (Phi) is 12.7. The molecule has 0 atom stereocenters. The minimum Gasteiger partial charge on any atom is -0.321 e. The molecule has 0 aliphatic heterocycles. The number of rotatable bonds is 12. The summed E-state index contributed by atoms with van der Waals surface area (Å²) in [6, 6.07) is 11.9. The Morgan fingerprint density at radius 1 is 0.364 bits per heavy atom. The number of carbonyl (C=O) groups is 3. The third-order valence-electron chi connectivity index (χ3n) is 9.00. The van der Waals surface area contributed by atoms with E-state index in [1.807, 2.05) is 0 Å². The molecule has 10 N–H and O–H groups in total. The third-order valence-corrected chi connectivity index (χ3v) is 14.2. The number of carbonyl (C=O) groups excluding carboxylic acids is 3. The first-order valence-corrected chi connectivity index (χ1v) is 25.8. The first-order chi connectivity index (χ1) is 30.2. The fourth-order valence-corrected chi connectivity index (χ4v) is 10.3. The van der Waals surface area contributed by atoms with Gasteiger partial charge in [-0.3, -0.25) is 36.9 Å². The summed E-state index contributed by atoms with van der Waals surface area (Å²) >= 11 is 0. The molecule has 6 rings (SSSR count). The van der Waals surface area contributed by atoms with Crippen LogP contribution in [0.2, 0.25) is 0 Å². The van der Waals surface area contributed by atoms with Crippen molar-refractivity contribution >= 4 is 123 Å². The summed E-state index contributed by atoms with van der Waals surface area (Å²) in [6.07, 6.45) is 0. The van der Waals surface area contributed by atoms with E-state index in [0.29, 0.717) is 36.4 Å². The van der Waals surface area contributed by atoms with Crippen molar-refractivity contribution in [1.29, 1.82) is 0 Å². The van der Waals surface area contributed by atoms with E-state index in [1.165, 1.54) is 0 Å². The van der Waals surface area contributed by atoms with Crippen LogP contribution < -0.4 is 21.3 Å². The summed E-state index contributed by atoms with van der Waals surface area (Å²) in [5.41, 5.74) is -4.20. The molecule has 0 fully saturated rings. The van der Waals surface area contributed by atoms with Crippen LogP contribution in [0.4, 0.5) is 27.5 Å². The molecular formula is C35H26N4O21S6. The van der Waals surface area contributed by atoms with Crippen molar-refractivity contribution in [1.82, 2.24) is 0 Å². The molecule has 0 spiro atoms. The molecule has 0 aliphatic rings. The second-order valence-corrected chi connectivity index (χ2v) is 21.8. The van der Waals surface area contributed by atoms with Crippen molar-refractivity contribution in [2.45, 2.75) is 29.4 Å². The van der Waals surface area contributed by atoms with Crippen molar-refractivity contribution in [3.05, 3.63) is 108 Å².